The molecule has 0 heterocycles. The topological polar surface area (TPSA) is 46.2 Å². The van der Waals surface area contributed by atoms with Gasteiger partial charge in [-0.2, -0.15) is 0 Å². The summed E-state index contributed by atoms with van der Waals surface area (Å²) >= 11 is 6.70. The number of hydrogen-bond acceptors (Lipinski definition) is 2. The summed E-state index contributed by atoms with van der Waals surface area (Å²) in [5, 5.41) is 0. The van der Waals surface area contributed by atoms with Gasteiger partial charge in [0.25, 0.3) is 0 Å². The van der Waals surface area contributed by atoms with Crippen molar-refractivity contribution in [3.8, 4) is 0 Å². The summed E-state index contributed by atoms with van der Waals surface area (Å²) in [7, 11) is -3.47. The van der Waals surface area contributed by atoms with Crippen molar-refractivity contribution in [3.63, 3.8) is 0 Å². The van der Waals surface area contributed by atoms with Gasteiger partial charge in [-0.05, 0) is 58.8 Å². The molecule has 1 saturated carbocycles. The zero-order valence-electron chi connectivity index (χ0n) is 11.0. The van der Waals surface area contributed by atoms with Crippen LogP contribution in [0, 0.1) is 12.3 Å². The van der Waals surface area contributed by atoms with E-state index >= 15 is 0 Å². The van der Waals surface area contributed by atoms with Crippen LogP contribution in [0.5, 0.6) is 0 Å². The van der Waals surface area contributed by atoms with E-state index in [1.165, 1.54) is 6.42 Å². The highest BCUT2D eigenvalue weighted by atomic mass is 79.9. The van der Waals surface area contributed by atoms with Crippen LogP contribution < -0.4 is 4.72 Å². The highest BCUT2D eigenvalue weighted by Gasteiger charge is 2.33. The van der Waals surface area contributed by atoms with Gasteiger partial charge in [0.1, 0.15) is 0 Å². The third kappa shape index (κ3) is 3.40. The minimum Gasteiger partial charge on any atom is -0.211 e. The van der Waals surface area contributed by atoms with Crippen LogP contribution in [0.25, 0.3) is 0 Å². The second kappa shape index (κ2) is 5.47. The van der Waals surface area contributed by atoms with Crippen LogP contribution in [-0.4, -0.2) is 15.0 Å². The lowest BCUT2D eigenvalue weighted by molar-refractivity contribution is 0.166. The largest absolute Gasteiger partial charge is 0.241 e. The summed E-state index contributed by atoms with van der Waals surface area (Å²) in [5.41, 5.74) is 1.12. The van der Waals surface area contributed by atoms with Crippen molar-refractivity contribution in [3.05, 3.63) is 26.6 Å². The van der Waals surface area contributed by atoms with Crippen LogP contribution in [0.2, 0.25) is 0 Å². The molecule has 1 fully saturated rings. The number of hydrogen-bond donors (Lipinski definition) is 1. The molecule has 0 bridgehead atoms. The summed E-state index contributed by atoms with van der Waals surface area (Å²) in [4.78, 5) is 0.285. The molecule has 1 aliphatic carbocycles. The van der Waals surface area contributed by atoms with E-state index in [4.69, 9.17) is 0 Å². The van der Waals surface area contributed by atoms with Crippen LogP contribution in [0.3, 0.4) is 0 Å². The molecular formula is C13H17Br2NO2S. The van der Waals surface area contributed by atoms with Crippen molar-refractivity contribution in [2.75, 3.05) is 6.54 Å². The summed E-state index contributed by atoms with van der Waals surface area (Å²) < 4.78 is 28.8. The molecule has 3 nitrogen and oxygen atoms in total. The van der Waals surface area contributed by atoms with Gasteiger partial charge in [0.15, 0.2) is 0 Å². The molecule has 0 aromatic heterocycles. The SMILES string of the molecule is Cc1cc(Br)c(S(=O)(=O)NCC2(C)CCC2)cc1Br. The monoisotopic (exact) mass is 409 g/mol. The van der Waals surface area contributed by atoms with Gasteiger partial charge in [-0.15, -0.1) is 0 Å². The van der Waals surface area contributed by atoms with Crippen molar-refractivity contribution < 1.29 is 8.42 Å². The molecule has 0 saturated heterocycles. The average Bonchev–Trinajstić information content (AvgIpc) is 2.28. The molecule has 106 valence electrons. The molecule has 0 aliphatic heterocycles. The van der Waals surface area contributed by atoms with Gasteiger partial charge in [0, 0.05) is 15.5 Å². The fourth-order valence-corrected chi connectivity index (χ4v) is 5.01. The Morgan fingerprint density at radius 3 is 2.42 bits per heavy atom. The first-order chi connectivity index (χ1) is 8.73. The van der Waals surface area contributed by atoms with E-state index in [-0.39, 0.29) is 10.3 Å². The molecule has 6 heteroatoms. The van der Waals surface area contributed by atoms with E-state index in [9.17, 15) is 8.42 Å². The Hall–Kier alpha value is 0.0900. The van der Waals surface area contributed by atoms with Gasteiger partial charge in [-0.25, -0.2) is 13.1 Å². The fraction of sp³-hybridized carbons (Fsp3) is 0.538. The molecule has 0 atom stereocenters. The highest BCUT2D eigenvalue weighted by Crippen LogP contribution is 2.40. The Labute approximate surface area is 131 Å². The zero-order chi connectivity index (χ0) is 14.3. The Morgan fingerprint density at radius 2 is 1.89 bits per heavy atom. The summed E-state index contributed by atoms with van der Waals surface area (Å²) in [5.74, 6) is 0. The predicted octanol–water partition coefficient (Wildman–Crippen LogP) is 3.99. The minimum absolute atomic E-state index is 0.126. The quantitative estimate of drug-likeness (QED) is 0.815. The first-order valence-electron chi connectivity index (χ1n) is 6.19. The predicted molar refractivity (Wildman–Crippen MR) is 83.7 cm³/mol. The molecule has 0 spiro atoms. The number of sulfonamides is 1. The van der Waals surface area contributed by atoms with E-state index < -0.39 is 10.0 Å². The van der Waals surface area contributed by atoms with E-state index in [1.807, 2.05) is 13.0 Å². The number of rotatable bonds is 4. The standard InChI is InChI=1S/C13H17Br2NO2S/c1-9-6-11(15)12(7-10(9)14)19(17,18)16-8-13(2)4-3-5-13/h6-7,16H,3-5,8H2,1-2H3. The first kappa shape index (κ1) is 15.5. The van der Waals surface area contributed by atoms with Gasteiger partial charge in [0.2, 0.25) is 10.0 Å². The number of aryl methyl sites for hydroxylation is 1. The van der Waals surface area contributed by atoms with Crippen LogP contribution >= 0.6 is 31.9 Å². The first-order valence-corrected chi connectivity index (χ1v) is 9.26. The molecule has 1 N–H and O–H groups in total. The zero-order valence-corrected chi connectivity index (χ0v) is 15.0. The Balaban J connectivity index is 2.22. The van der Waals surface area contributed by atoms with Crippen molar-refractivity contribution in [1.29, 1.82) is 0 Å². The maximum atomic E-state index is 12.3. The Morgan fingerprint density at radius 1 is 1.26 bits per heavy atom. The van der Waals surface area contributed by atoms with Gasteiger partial charge < -0.3 is 0 Å². The fourth-order valence-electron chi connectivity index (χ4n) is 2.14. The maximum Gasteiger partial charge on any atom is 0.241 e. The Bertz CT molecular complexity index is 595. The molecule has 0 amide bonds. The second-order valence-corrected chi connectivity index (χ2v) is 8.96. The lowest BCUT2D eigenvalue weighted by Crippen LogP contribution is -2.40. The normalized spacial score (nSPS) is 18.1. The van der Waals surface area contributed by atoms with Crippen molar-refractivity contribution in [1.82, 2.24) is 4.72 Å². The van der Waals surface area contributed by atoms with Gasteiger partial charge in [-0.3, -0.25) is 0 Å². The van der Waals surface area contributed by atoms with Crippen LogP contribution in [-0.2, 0) is 10.0 Å². The molecule has 1 aromatic carbocycles. The molecule has 19 heavy (non-hydrogen) atoms. The molecule has 1 aliphatic rings. The van der Waals surface area contributed by atoms with Gasteiger partial charge in [0.05, 0.1) is 4.90 Å². The number of halogens is 2. The highest BCUT2D eigenvalue weighted by molar-refractivity contribution is 9.11. The van der Waals surface area contributed by atoms with E-state index in [1.54, 1.807) is 6.07 Å². The van der Waals surface area contributed by atoms with Crippen LogP contribution in [0.1, 0.15) is 31.7 Å². The number of nitrogens with one attached hydrogen (secondary N) is 1. The van der Waals surface area contributed by atoms with Crippen LogP contribution in [0.15, 0.2) is 26.0 Å². The lowest BCUT2D eigenvalue weighted by atomic mass is 9.71. The molecule has 1 aromatic rings. The lowest BCUT2D eigenvalue weighted by Gasteiger charge is -2.38. The van der Waals surface area contributed by atoms with E-state index in [0.29, 0.717) is 11.0 Å². The third-order valence-electron chi connectivity index (χ3n) is 3.75. The second-order valence-electron chi connectivity index (χ2n) is 5.52. The Kier molecular flexibility index (Phi) is 4.45. The number of benzene rings is 1. The van der Waals surface area contributed by atoms with E-state index in [2.05, 4.69) is 43.5 Å². The third-order valence-corrected chi connectivity index (χ3v) is 6.97. The molecule has 0 unspecified atom stereocenters. The van der Waals surface area contributed by atoms with E-state index in [0.717, 1.165) is 22.9 Å². The van der Waals surface area contributed by atoms with Crippen molar-refractivity contribution >= 4 is 41.9 Å². The minimum atomic E-state index is -3.47. The summed E-state index contributed by atoms with van der Waals surface area (Å²) in [6, 6.07) is 3.45. The smallest absolute Gasteiger partial charge is 0.211 e. The molecule has 0 radical (unpaired) electrons. The molecule has 2 rings (SSSR count). The average molecular weight is 411 g/mol. The molecular weight excluding hydrogens is 394 g/mol. The van der Waals surface area contributed by atoms with Crippen LogP contribution in [0.4, 0.5) is 0 Å². The van der Waals surface area contributed by atoms with Crippen molar-refractivity contribution in [2.45, 2.75) is 38.0 Å². The maximum absolute atomic E-state index is 12.3. The summed E-state index contributed by atoms with van der Waals surface area (Å²) in [6.45, 7) is 4.56. The van der Waals surface area contributed by atoms with Crippen molar-refractivity contribution in [2.24, 2.45) is 5.41 Å². The van der Waals surface area contributed by atoms with Gasteiger partial charge >= 0.3 is 0 Å². The summed E-state index contributed by atoms with van der Waals surface area (Å²) in [6.07, 6.45) is 3.38. The van der Waals surface area contributed by atoms with Gasteiger partial charge in [-0.1, -0.05) is 29.3 Å².